The van der Waals surface area contributed by atoms with Crippen LogP contribution in [0.3, 0.4) is 0 Å². The molecule has 7 nitrogen and oxygen atoms in total. The second-order valence-electron chi connectivity index (χ2n) is 8.26. The number of nitrogens with one attached hydrogen (secondary N) is 1. The normalized spacial score (nSPS) is 14.8. The largest absolute Gasteiger partial charge is 0.497 e. The van der Waals surface area contributed by atoms with Gasteiger partial charge in [0.1, 0.15) is 17.5 Å². The van der Waals surface area contributed by atoms with Gasteiger partial charge in [-0.15, -0.1) is 0 Å². The maximum atomic E-state index is 13.8. The quantitative estimate of drug-likeness (QED) is 0.518. The van der Waals surface area contributed by atoms with Crippen molar-refractivity contribution in [2.75, 3.05) is 12.0 Å². The van der Waals surface area contributed by atoms with Crippen molar-refractivity contribution < 1.29 is 14.3 Å². The number of nitrogens with zero attached hydrogens (tertiary/aromatic N) is 3. The summed E-state index contributed by atoms with van der Waals surface area (Å²) in [5.74, 6) is -0.133. The predicted octanol–water partition coefficient (Wildman–Crippen LogP) is 4.98. The number of hydrogen-bond donors (Lipinski definition) is 1. The molecule has 1 N–H and O–H groups in total. The Labute approximate surface area is 204 Å². The summed E-state index contributed by atoms with van der Waals surface area (Å²) in [5, 5.41) is 3.73. The molecule has 1 aromatic heterocycles. The van der Waals surface area contributed by atoms with E-state index in [0.29, 0.717) is 22.0 Å². The third-order valence-corrected chi connectivity index (χ3v) is 6.23. The Kier molecular flexibility index (Phi) is 7.75. The zero-order valence-electron chi connectivity index (χ0n) is 19.0. The Morgan fingerprint density at radius 3 is 2.53 bits per heavy atom. The SMILES string of the molecule is COc1cccc(N(C(=O)c2cnccn2)[C@@H](C(=O)NC2CCCCC2)c2ccc(Cl)cc2)c1. The van der Waals surface area contributed by atoms with Crippen LogP contribution in [0.25, 0.3) is 0 Å². The fourth-order valence-corrected chi connectivity index (χ4v) is 4.39. The first-order valence-electron chi connectivity index (χ1n) is 11.4. The maximum Gasteiger partial charge on any atom is 0.279 e. The second-order valence-corrected chi connectivity index (χ2v) is 8.70. The topological polar surface area (TPSA) is 84.4 Å². The molecule has 34 heavy (non-hydrogen) atoms. The summed E-state index contributed by atoms with van der Waals surface area (Å²) in [6, 6.07) is 13.2. The van der Waals surface area contributed by atoms with Crippen LogP contribution in [-0.4, -0.2) is 34.9 Å². The van der Waals surface area contributed by atoms with Crippen LogP contribution in [-0.2, 0) is 4.79 Å². The van der Waals surface area contributed by atoms with Crippen molar-refractivity contribution >= 4 is 29.1 Å². The third kappa shape index (κ3) is 5.54. The number of ether oxygens (including phenoxy) is 1. The van der Waals surface area contributed by atoms with E-state index in [0.717, 1.165) is 25.7 Å². The minimum absolute atomic E-state index is 0.0785. The van der Waals surface area contributed by atoms with Gasteiger partial charge in [-0.2, -0.15) is 0 Å². The molecule has 0 spiro atoms. The van der Waals surface area contributed by atoms with Crippen LogP contribution in [0.4, 0.5) is 5.69 Å². The average Bonchev–Trinajstić information content (AvgIpc) is 2.88. The molecule has 0 unspecified atom stereocenters. The molecule has 3 aromatic rings. The van der Waals surface area contributed by atoms with Crippen molar-refractivity contribution in [2.24, 2.45) is 0 Å². The van der Waals surface area contributed by atoms with E-state index in [1.807, 2.05) is 0 Å². The summed E-state index contributed by atoms with van der Waals surface area (Å²) in [4.78, 5) is 37.3. The lowest BCUT2D eigenvalue weighted by Gasteiger charge is -2.33. The monoisotopic (exact) mass is 478 g/mol. The maximum absolute atomic E-state index is 13.8. The molecule has 0 bridgehead atoms. The highest BCUT2D eigenvalue weighted by atomic mass is 35.5. The van der Waals surface area contributed by atoms with Crippen LogP contribution in [0.15, 0.2) is 67.1 Å². The number of halogens is 1. The highest BCUT2D eigenvalue weighted by molar-refractivity contribution is 6.30. The van der Waals surface area contributed by atoms with Crippen LogP contribution >= 0.6 is 11.6 Å². The van der Waals surface area contributed by atoms with Crippen molar-refractivity contribution in [3.63, 3.8) is 0 Å². The molecule has 8 heteroatoms. The Bertz CT molecular complexity index is 1120. The van der Waals surface area contributed by atoms with Gasteiger partial charge in [0.05, 0.1) is 13.3 Å². The number of carbonyl (C=O) groups is 2. The van der Waals surface area contributed by atoms with Crippen molar-refractivity contribution in [3.8, 4) is 5.75 Å². The van der Waals surface area contributed by atoms with Gasteiger partial charge in [0.15, 0.2) is 0 Å². The van der Waals surface area contributed by atoms with Crippen molar-refractivity contribution in [3.05, 3.63) is 83.4 Å². The minimum Gasteiger partial charge on any atom is -0.497 e. The van der Waals surface area contributed by atoms with Gasteiger partial charge in [-0.3, -0.25) is 19.5 Å². The zero-order valence-corrected chi connectivity index (χ0v) is 19.7. The van der Waals surface area contributed by atoms with E-state index in [1.165, 1.54) is 29.9 Å². The Hall–Kier alpha value is -3.45. The number of rotatable bonds is 7. The first-order chi connectivity index (χ1) is 16.6. The summed E-state index contributed by atoms with van der Waals surface area (Å²) in [6.45, 7) is 0. The molecule has 1 atom stereocenters. The van der Waals surface area contributed by atoms with Crippen LogP contribution in [0, 0.1) is 0 Å². The van der Waals surface area contributed by atoms with Gasteiger partial charge in [0.25, 0.3) is 5.91 Å². The molecule has 0 radical (unpaired) electrons. The van der Waals surface area contributed by atoms with Crippen LogP contribution < -0.4 is 15.0 Å². The molecule has 0 saturated heterocycles. The van der Waals surface area contributed by atoms with Crippen LogP contribution in [0.5, 0.6) is 5.75 Å². The number of methoxy groups -OCH3 is 1. The summed E-state index contributed by atoms with van der Waals surface area (Å²) in [6.07, 6.45) is 9.53. The Morgan fingerprint density at radius 2 is 1.85 bits per heavy atom. The number of anilines is 1. The highest BCUT2D eigenvalue weighted by Gasteiger charge is 2.35. The van der Waals surface area contributed by atoms with Gasteiger partial charge in [0, 0.05) is 35.2 Å². The number of amides is 2. The molecule has 1 heterocycles. The Balaban J connectivity index is 1.81. The summed E-state index contributed by atoms with van der Waals surface area (Å²) in [7, 11) is 1.56. The number of aromatic nitrogens is 2. The molecule has 0 aliphatic heterocycles. The summed E-state index contributed by atoms with van der Waals surface area (Å²) < 4.78 is 5.39. The zero-order chi connectivity index (χ0) is 23.9. The Morgan fingerprint density at radius 1 is 1.09 bits per heavy atom. The van der Waals surface area contributed by atoms with E-state index in [9.17, 15) is 9.59 Å². The van der Waals surface area contributed by atoms with Gasteiger partial charge < -0.3 is 10.1 Å². The van der Waals surface area contributed by atoms with Gasteiger partial charge in [-0.25, -0.2) is 4.98 Å². The first kappa shape index (κ1) is 23.7. The molecular weight excluding hydrogens is 452 g/mol. The number of carbonyl (C=O) groups excluding carboxylic acids is 2. The fraction of sp³-hybridized carbons (Fsp3) is 0.308. The predicted molar refractivity (Wildman–Crippen MR) is 131 cm³/mol. The van der Waals surface area contributed by atoms with E-state index in [-0.39, 0.29) is 17.6 Å². The standard InChI is InChI=1S/C26H27ClN4O3/c1-34-22-9-5-8-21(16-22)31(26(33)23-17-28-14-15-29-23)24(18-10-12-19(27)13-11-18)25(32)30-20-6-3-2-4-7-20/h5,8-17,20,24H,2-4,6-7H2,1H3,(H,30,32)/t24-/m1/s1. The lowest BCUT2D eigenvalue weighted by molar-refractivity contribution is -0.123. The van der Waals surface area contributed by atoms with Crippen molar-refractivity contribution in [1.82, 2.24) is 15.3 Å². The van der Waals surface area contributed by atoms with Gasteiger partial charge in [-0.05, 0) is 42.7 Å². The van der Waals surface area contributed by atoms with Crippen LogP contribution in [0.1, 0.15) is 54.2 Å². The van der Waals surface area contributed by atoms with E-state index in [1.54, 1.807) is 55.6 Å². The van der Waals surface area contributed by atoms with Crippen LogP contribution in [0.2, 0.25) is 5.02 Å². The summed E-state index contributed by atoms with van der Waals surface area (Å²) in [5.41, 5.74) is 1.28. The second kappa shape index (κ2) is 11.1. The van der Waals surface area contributed by atoms with Gasteiger partial charge in [0.2, 0.25) is 5.91 Å². The molecule has 2 aromatic carbocycles. The van der Waals surface area contributed by atoms with E-state index in [2.05, 4.69) is 15.3 Å². The van der Waals surface area contributed by atoms with Gasteiger partial charge >= 0.3 is 0 Å². The lowest BCUT2D eigenvalue weighted by Crippen LogP contribution is -2.47. The number of benzene rings is 2. The molecule has 4 rings (SSSR count). The molecule has 2 amide bonds. The van der Waals surface area contributed by atoms with Crippen molar-refractivity contribution in [1.29, 1.82) is 0 Å². The fourth-order valence-electron chi connectivity index (χ4n) is 4.27. The molecular formula is C26H27ClN4O3. The van der Waals surface area contributed by atoms with E-state index < -0.39 is 11.9 Å². The first-order valence-corrected chi connectivity index (χ1v) is 11.7. The van der Waals surface area contributed by atoms with Gasteiger partial charge in [-0.1, -0.05) is 49.1 Å². The third-order valence-electron chi connectivity index (χ3n) is 5.98. The van der Waals surface area contributed by atoms with E-state index >= 15 is 0 Å². The molecule has 1 saturated carbocycles. The minimum atomic E-state index is -0.944. The molecule has 1 aliphatic carbocycles. The molecule has 1 aliphatic rings. The lowest BCUT2D eigenvalue weighted by atomic mass is 9.94. The molecule has 1 fully saturated rings. The highest BCUT2D eigenvalue weighted by Crippen LogP contribution is 2.32. The molecule has 176 valence electrons. The summed E-state index contributed by atoms with van der Waals surface area (Å²) >= 11 is 6.13. The number of hydrogen-bond acceptors (Lipinski definition) is 5. The van der Waals surface area contributed by atoms with Crippen molar-refractivity contribution in [2.45, 2.75) is 44.2 Å². The average molecular weight is 479 g/mol. The van der Waals surface area contributed by atoms with E-state index in [4.69, 9.17) is 16.3 Å². The smallest absolute Gasteiger partial charge is 0.279 e.